The van der Waals surface area contributed by atoms with Crippen molar-refractivity contribution in [2.75, 3.05) is 38.5 Å². The van der Waals surface area contributed by atoms with Gasteiger partial charge in [0, 0.05) is 23.9 Å². The van der Waals surface area contributed by atoms with Gasteiger partial charge in [0.05, 0.1) is 27.4 Å². The molecule has 0 aliphatic carbocycles. The standard InChI is InChI=1S/C46H55N4O10PS/c1-7-44(2,3)42(52)62-29-28-58-61(55,47-30-32-14-10-8-11-15-32)59-31-38-40(51)45(4,54)41(60-38)50-27-26-39(48-43(50)53)49-46(33-16-12-9-13-17-33,34-18-22-36(56-5)23-19-34)35-20-24-37(57-6)25-21-35/h8-27,38,40-41,51,54H,7,28-31H2,1-6H3,(H,47,55)(H,48,49,53)/t38-,40-,41-,45-,61?/m1/s1. The Balaban J connectivity index is 1.24. The number of aliphatic hydroxyl groups excluding tert-OH is 1. The zero-order valence-electron chi connectivity index (χ0n) is 35.7. The Morgan fingerprint density at radius 2 is 1.45 bits per heavy atom. The summed E-state index contributed by atoms with van der Waals surface area (Å²) in [5, 5.41) is 29.4. The molecule has 1 unspecified atom stereocenters. The maximum absolute atomic E-state index is 14.1. The fraction of sp³-hybridized carbons (Fsp3) is 0.370. The van der Waals surface area contributed by atoms with Gasteiger partial charge >= 0.3 is 13.4 Å². The van der Waals surface area contributed by atoms with Gasteiger partial charge in [-0.25, -0.2) is 14.4 Å². The van der Waals surface area contributed by atoms with E-state index in [0.717, 1.165) is 38.6 Å². The number of aromatic nitrogens is 2. The van der Waals surface area contributed by atoms with Crippen LogP contribution < -0.4 is 25.6 Å². The molecule has 1 fully saturated rings. The van der Waals surface area contributed by atoms with Crippen molar-refractivity contribution in [1.82, 2.24) is 14.6 Å². The molecule has 0 bridgehead atoms. The van der Waals surface area contributed by atoms with E-state index in [1.54, 1.807) is 20.3 Å². The normalized spacial score (nSPS) is 20.0. The van der Waals surface area contributed by atoms with Crippen molar-refractivity contribution in [3.8, 4) is 11.5 Å². The zero-order valence-corrected chi connectivity index (χ0v) is 37.4. The monoisotopic (exact) mass is 886 g/mol. The van der Waals surface area contributed by atoms with E-state index >= 15 is 0 Å². The minimum Gasteiger partial charge on any atom is -0.497 e. The van der Waals surface area contributed by atoms with Crippen LogP contribution in [0, 0.1) is 5.41 Å². The van der Waals surface area contributed by atoms with Crippen LogP contribution in [0.3, 0.4) is 0 Å². The third-order valence-corrected chi connectivity index (χ3v) is 13.9. The predicted molar refractivity (Wildman–Crippen MR) is 239 cm³/mol. The number of nitrogens with zero attached hydrogens (tertiary/aromatic N) is 2. The molecule has 330 valence electrons. The van der Waals surface area contributed by atoms with Crippen molar-refractivity contribution in [2.45, 2.75) is 70.2 Å². The third kappa shape index (κ3) is 10.5. The summed E-state index contributed by atoms with van der Waals surface area (Å²) in [6.07, 6.45) is -2.14. The maximum atomic E-state index is 14.1. The Labute approximate surface area is 366 Å². The average Bonchev–Trinajstić information content (AvgIpc) is 3.52. The minimum absolute atomic E-state index is 0.00844. The molecule has 0 radical (unpaired) electrons. The first-order chi connectivity index (χ1) is 29.7. The number of ether oxygens (including phenoxy) is 3. The summed E-state index contributed by atoms with van der Waals surface area (Å²) in [5.74, 6) is 1.77. The summed E-state index contributed by atoms with van der Waals surface area (Å²) in [6.45, 7) is 6.59. The second kappa shape index (κ2) is 20.1. The number of benzene rings is 4. The van der Waals surface area contributed by atoms with Crippen LogP contribution in [0.1, 0.15) is 62.6 Å². The molecule has 0 amide bonds. The summed E-state index contributed by atoms with van der Waals surface area (Å²) in [6, 6.07) is 35.7. The van der Waals surface area contributed by atoms with Crippen LogP contribution in [-0.4, -0.2) is 75.9 Å². The molecule has 5 atom stereocenters. The van der Waals surface area contributed by atoms with E-state index in [2.05, 4.69) is 15.4 Å². The van der Waals surface area contributed by atoms with Gasteiger partial charge in [0.15, 0.2) is 11.3 Å². The number of carbonyl (C=O) groups excluding carboxylic acids is 1. The van der Waals surface area contributed by atoms with Gasteiger partial charge in [-0.05, 0) is 65.9 Å². The van der Waals surface area contributed by atoms with E-state index in [9.17, 15) is 24.4 Å². The number of aliphatic hydroxyl groups is 2. The molecule has 4 aromatic carbocycles. The first-order valence-electron chi connectivity index (χ1n) is 20.3. The Kier molecular flexibility index (Phi) is 15.1. The van der Waals surface area contributed by atoms with Crippen LogP contribution in [0.25, 0.3) is 0 Å². The van der Waals surface area contributed by atoms with E-state index in [0.29, 0.717) is 17.9 Å². The molecule has 14 nitrogen and oxygen atoms in total. The topological polar surface area (TPSA) is 180 Å². The highest BCUT2D eigenvalue weighted by molar-refractivity contribution is 8.13. The summed E-state index contributed by atoms with van der Waals surface area (Å²) in [4.78, 5) is 31.1. The number of methoxy groups -OCH3 is 2. The second-order valence-electron chi connectivity index (χ2n) is 15.7. The number of rotatable bonds is 20. The van der Waals surface area contributed by atoms with Crippen LogP contribution >= 0.6 is 19.5 Å². The van der Waals surface area contributed by atoms with E-state index in [1.165, 1.54) is 13.1 Å². The lowest BCUT2D eigenvalue weighted by molar-refractivity contribution is -0.118. The quantitative estimate of drug-likeness (QED) is 0.0348. The highest BCUT2D eigenvalue weighted by atomic mass is 32.2. The Hall–Kier alpha value is -4.83. The van der Waals surface area contributed by atoms with Gasteiger partial charge in [0.25, 0.3) is 0 Å². The third-order valence-electron chi connectivity index (χ3n) is 11.1. The number of carbonyl (C=O) groups is 1. The van der Waals surface area contributed by atoms with Gasteiger partial charge in [-0.3, -0.25) is 18.4 Å². The summed E-state index contributed by atoms with van der Waals surface area (Å²) in [7, 11) is -0.885. The van der Waals surface area contributed by atoms with E-state index < -0.39 is 55.0 Å². The van der Waals surface area contributed by atoms with Gasteiger partial charge in [-0.2, -0.15) is 4.98 Å². The second-order valence-corrected chi connectivity index (χ2v) is 18.6. The van der Waals surface area contributed by atoms with Crippen LogP contribution in [-0.2, 0) is 35.2 Å². The van der Waals surface area contributed by atoms with Crippen LogP contribution in [0.15, 0.2) is 126 Å². The van der Waals surface area contributed by atoms with Crippen LogP contribution in [0.4, 0.5) is 5.82 Å². The molecule has 2 heterocycles. The highest BCUT2D eigenvalue weighted by Crippen LogP contribution is 2.47. The van der Waals surface area contributed by atoms with Gasteiger partial charge in [0.2, 0.25) is 0 Å². The lowest BCUT2D eigenvalue weighted by Crippen LogP contribution is -2.46. The molecule has 1 aliphatic rings. The molecule has 6 rings (SSSR count). The van der Waals surface area contributed by atoms with E-state index in [4.69, 9.17) is 23.3 Å². The van der Waals surface area contributed by atoms with Gasteiger partial charge < -0.3 is 29.7 Å². The molecule has 1 aliphatic heterocycles. The zero-order chi connectivity index (χ0) is 44.5. The molecular formula is C46H55N4O10PS. The average molecular weight is 887 g/mol. The number of hydrogen-bond acceptors (Lipinski definition) is 13. The van der Waals surface area contributed by atoms with Gasteiger partial charge in [0.1, 0.15) is 40.7 Å². The molecule has 62 heavy (non-hydrogen) atoms. The first-order valence-corrected chi connectivity index (χ1v) is 22.8. The van der Waals surface area contributed by atoms with Crippen molar-refractivity contribution in [1.29, 1.82) is 0 Å². The van der Waals surface area contributed by atoms with E-state index in [-0.39, 0.29) is 29.8 Å². The SMILES string of the molecule is CCC(C)(C)C(=O)SCCOP(=O)(NCc1ccccc1)OC[C@H]1O[C@@H](n2ccc(NC(c3ccccc3)(c3ccc(OC)cc3)c3ccc(OC)cc3)nc2=O)[C@](C)(O)[C@@H]1O. The number of hydrogen-bond donors (Lipinski definition) is 4. The molecular weight excluding hydrogens is 832 g/mol. The predicted octanol–water partition coefficient (Wildman–Crippen LogP) is 7.30. The number of thioether (sulfide) groups is 1. The summed E-state index contributed by atoms with van der Waals surface area (Å²) >= 11 is 1.09. The highest BCUT2D eigenvalue weighted by Gasteiger charge is 2.54. The first kappa shape index (κ1) is 46.7. The van der Waals surface area contributed by atoms with Crippen LogP contribution in [0.2, 0.25) is 0 Å². The van der Waals surface area contributed by atoms with Crippen molar-refractivity contribution in [2.24, 2.45) is 5.41 Å². The Morgan fingerprint density at radius 3 is 2.00 bits per heavy atom. The van der Waals surface area contributed by atoms with Crippen molar-refractivity contribution >= 4 is 30.4 Å². The van der Waals surface area contributed by atoms with Crippen molar-refractivity contribution in [3.05, 3.63) is 154 Å². The fourth-order valence-electron chi connectivity index (χ4n) is 7.03. The van der Waals surface area contributed by atoms with Gasteiger partial charge in [-0.15, -0.1) is 0 Å². The largest absolute Gasteiger partial charge is 0.497 e. The molecule has 0 spiro atoms. The minimum atomic E-state index is -4.08. The lowest BCUT2D eigenvalue weighted by atomic mass is 9.77. The maximum Gasteiger partial charge on any atom is 0.405 e. The molecule has 5 aromatic rings. The van der Waals surface area contributed by atoms with Gasteiger partial charge in [-0.1, -0.05) is 117 Å². The number of anilines is 1. The molecule has 16 heteroatoms. The summed E-state index contributed by atoms with van der Waals surface area (Å²) < 4.78 is 43.8. The lowest BCUT2D eigenvalue weighted by Gasteiger charge is -2.37. The smallest absolute Gasteiger partial charge is 0.405 e. The van der Waals surface area contributed by atoms with E-state index in [1.807, 2.05) is 130 Å². The fourth-order valence-corrected chi connectivity index (χ4v) is 9.35. The molecule has 1 saturated heterocycles. The van der Waals surface area contributed by atoms with Crippen molar-refractivity contribution < 1.29 is 42.8 Å². The summed E-state index contributed by atoms with van der Waals surface area (Å²) in [5.41, 5.74) is -1.09. The molecule has 0 saturated carbocycles. The molecule has 1 aromatic heterocycles. The Bertz CT molecular complexity index is 2300. The van der Waals surface area contributed by atoms with Crippen molar-refractivity contribution in [3.63, 3.8) is 0 Å². The van der Waals surface area contributed by atoms with Crippen LogP contribution in [0.5, 0.6) is 11.5 Å². The molecule has 4 N–H and O–H groups in total. The number of nitrogens with one attached hydrogen (secondary N) is 2. The Morgan fingerprint density at radius 1 is 0.887 bits per heavy atom.